The molecule has 0 aliphatic carbocycles. The first kappa shape index (κ1) is 13.2. The van der Waals surface area contributed by atoms with Gasteiger partial charge in [-0.25, -0.2) is 4.79 Å². The minimum absolute atomic E-state index is 0.193. The standard InChI is InChI=1S/C14H16O3/c1-4-17-14(16)8-7-13(15)12-6-5-10(2)11(3)9-12/h5-9H,4H2,1-3H3/b8-7+. The van der Waals surface area contributed by atoms with Crippen LogP contribution in [0.25, 0.3) is 0 Å². The molecule has 0 amide bonds. The molecule has 0 N–H and O–H groups in total. The molecule has 0 radical (unpaired) electrons. The lowest BCUT2D eigenvalue weighted by Crippen LogP contribution is -2.02. The molecule has 17 heavy (non-hydrogen) atoms. The van der Waals surface area contributed by atoms with Crippen LogP contribution < -0.4 is 0 Å². The Labute approximate surface area is 101 Å². The summed E-state index contributed by atoms with van der Waals surface area (Å²) in [4.78, 5) is 22.8. The van der Waals surface area contributed by atoms with Gasteiger partial charge in [-0.3, -0.25) is 4.79 Å². The summed E-state index contributed by atoms with van der Waals surface area (Å²) in [6, 6.07) is 5.45. The van der Waals surface area contributed by atoms with E-state index in [4.69, 9.17) is 4.74 Å². The van der Waals surface area contributed by atoms with E-state index in [0.29, 0.717) is 12.2 Å². The van der Waals surface area contributed by atoms with Crippen LogP contribution in [0.1, 0.15) is 28.4 Å². The van der Waals surface area contributed by atoms with Gasteiger partial charge < -0.3 is 4.74 Å². The number of allylic oxidation sites excluding steroid dienone is 1. The van der Waals surface area contributed by atoms with Gasteiger partial charge in [0, 0.05) is 11.6 Å². The van der Waals surface area contributed by atoms with Crippen molar-refractivity contribution in [3.05, 3.63) is 47.0 Å². The number of carbonyl (C=O) groups is 2. The molecule has 1 rings (SSSR count). The summed E-state index contributed by atoms with van der Waals surface area (Å²) in [6.45, 7) is 5.96. The summed E-state index contributed by atoms with van der Waals surface area (Å²) in [5.74, 6) is -0.689. The van der Waals surface area contributed by atoms with Crippen LogP contribution in [0.4, 0.5) is 0 Å². The van der Waals surface area contributed by atoms with Crippen LogP contribution in [0.15, 0.2) is 30.4 Å². The maximum Gasteiger partial charge on any atom is 0.330 e. The van der Waals surface area contributed by atoms with Crippen LogP contribution in [-0.2, 0) is 9.53 Å². The maximum absolute atomic E-state index is 11.7. The fourth-order valence-corrected chi connectivity index (χ4v) is 1.33. The van der Waals surface area contributed by atoms with Crippen molar-refractivity contribution in [3.8, 4) is 0 Å². The van der Waals surface area contributed by atoms with Crippen LogP contribution in [0.5, 0.6) is 0 Å². The molecular formula is C14H16O3. The molecule has 1 aromatic rings. The average molecular weight is 232 g/mol. The van der Waals surface area contributed by atoms with Gasteiger partial charge in [-0.1, -0.05) is 12.1 Å². The molecule has 0 atom stereocenters. The zero-order valence-corrected chi connectivity index (χ0v) is 10.3. The van der Waals surface area contributed by atoms with Crippen molar-refractivity contribution >= 4 is 11.8 Å². The van der Waals surface area contributed by atoms with Crippen LogP contribution in [0.3, 0.4) is 0 Å². The van der Waals surface area contributed by atoms with Gasteiger partial charge >= 0.3 is 5.97 Å². The highest BCUT2D eigenvalue weighted by atomic mass is 16.5. The third-order valence-electron chi connectivity index (χ3n) is 2.45. The first-order valence-electron chi connectivity index (χ1n) is 5.51. The molecule has 0 fully saturated rings. The smallest absolute Gasteiger partial charge is 0.330 e. The number of benzene rings is 1. The molecule has 0 bridgehead atoms. The minimum atomic E-state index is -0.496. The molecule has 1 aromatic carbocycles. The van der Waals surface area contributed by atoms with E-state index in [1.807, 2.05) is 26.0 Å². The second kappa shape index (κ2) is 5.99. The molecule has 0 unspecified atom stereocenters. The summed E-state index contributed by atoms with van der Waals surface area (Å²) in [5.41, 5.74) is 2.77. The summed E-state index contributed by atoms with van der Waals surface area (Å²) < 4.78 is 4.69. The Morgan fingerprint density at radius 2 is 1.88 bits per heavy atom. The Bertz CT molecular complexity index is 459. The number of ether oxygens (including phenoxy) is 1. The van der Waals surface area contributed by atoms with Crippen molar-refractivity contribution in [1.29, 1.82) is 0 Å². The van der Waals surface area contributed by atoms with E-state index in [1.54, 1.807) is 13.0 Å². The summed E-state index contributed by atoms with van der Waals surface area (Å²) in [5, 5.41) is 0. The number of ketones is 1. The molecular weight excluding hydrogens is 216 g/mol. The highest BCUT2D eigenvalue weighted by Crippen LogP contribution is 2.10. The lowest BCUT2D eigenvalue weighted by atomic mass is 10.0. The van der Waals surface area contributed by atoms with E-state index in [1.165, 1.54) is 6.08 Å². The third kappa shape index (κ3) is 3.87. The second-order valence-corrected chi connectivity index (χ2v) is 3.75. The van der Waals surface area contributed by atoms with Crippen molar-refractivity contribution in [2.75, 3.05) is 6.61 Å². The largest absolute Gasteiger partial charge is 0.463 e. The molecule has 0 saturated heterocycles. The number of esters is 1. The number of carbonyl (C=O) groups excluding carboxylic acids is 2. The van der Waals surface area contributed by atoms with Crippen molar-refractivity contribution in [2.45, 2.75) is 20.8 Å². The van der Waals surface area contributed by atoms with E-state index in [9.17, 15) is 9.59 Å². The summed E-state index contributed by atoms with van der Waals surface area (Å²) in [6.07, 6.45) is 2.39. The highest BCUT2D eigenvalue weighted by Gasteiger charge is 2.04. The van der Waals surface area contributed by atoms with E-state index >= 15 is 0 Å². The van der Waals surface area contributed by atoms with Crippen molar-refractivity contribution < 1.29 is 14.3 Å². The van der Waals surface area contributed by atoms with Crippen molar-refractivity contribution in [2.24, 2.45) is 0 Å². The fraction of sp³-hybridized carbons (Fsp3) is 0.286. The van der Waals surface area contributed by atoms with E-state index < -0.39 is 5.97 Å². The molecule has 0 aliphatic heterocycles. The number of hydrogen-bond acceptors (Lipinski definition) is 3. The Hall–Kier alpha value is -1.90. The van der Waals surface area contributed by atoms with E-state index in [-0.39, 0.29) is 5.78 Å². The number of hydrogen-bond donors (Lipinski definition) is 0. The summed E-state index contributed by atoms with van der Waals surface area (Å²) >= 11 is 0. The Morgan fingerprint density at radius 3 is 2.47 bits per heavy atom. The molecule has 0 aliphatic rings. The van der Waals surface area contributed by atoms with E-state index in [2.05, 4.69) is 0 Å². The van der Waals surface area contributed by atoms with Gasteiger partial charge in [0.25, 0.3) is 0 Å². The van der Waals surface area contributed by atoms with Crippen LogP contribution in [0.2, 0.25) is 0 Å². The number of aryl methyl sites for hydroxylation is 2. The van der Waals surface area contributed by atoms with E-state index in [0.717, 1.165) is 17.2 Å². The molecule has 3 heteroatoms. The highest BCUT2D eigenvalue weighted by molar-refractivity contribution is 6.07. The first-order valence-corrected chi connectivity index (χ1v) is 5.51. The second-order valence-electron chi connectivity index (χ2n) is 3.75. The predicted molar refractivity (Wildman–Crippen MR) is 66.0 cm³/mol. The Morgan fingerprint density at radius 1 is 1.18 bits per heavy atom. The zero-order valence-electron chi connectivity index (χ0n) is 10.3. The molecule has 3 nitrogen and oxygen atoms in total. The van der Waals surface area contributed by atoms with Gasteiger partial charge in [-0.05, 0) is 44.0 Å². The summed E-state index contributed by atoms with van der Waals surface area (Å²) in [7, 11) is 0. The van der Waals surface area contributed by atoms with Crippen molar-refractivity contribution in [1.82, 2.24) is 0 Å². The number of rotatable bonds is 4. The Kier molecular flexibility index (Phi) is 4.64. The average Bonchev–Trinajstić information content (AvgIpc) is 2.30. The fourth-order valence-electron chi connectivity index (χ4n) is 1.33. The van der Waals surface area contributed by atoms with Crippen LogP contribution >= 0.6 is 0 Å². The molecule has 0 saturated carbocycles. The molecule has 0 spiro atoms. The van der Waals surface area contributed by atoms with Gasteiger partial charge in [-0.2, -0.15) is 0 Å². The van der Waals surface area contributed by atoms with Gasteiger partial charge in [0.05, 0.1) is 6.61 Å². The topological polar surface area (TPSA) is 43.4 Å². The molecule has 90 valence electrons. The maximum atomic E-state index is 11.7. The first-order chi connectivity index (χ1) is 8.04. The SMILES string of the molecule is CCOC(=O)/C=C/C(=O)c1ccc(C)c(C)c1. The quantitative estimate of drug-likeness (QED) is 0.455. The van der Waals surface area contributed by atoms with Crippen LogP contribution in [0, 0.1) is 13.8 Å². The van der Waals surface area contributed by atoms with Crippen LogP contribution in [-0.4, -0.2) is 18.4 Å². The normalized spacial score (nSPS) is 10.5. The van der Waals surface area contributed by atoms with Crippen molar-refractivity contribution in [3.63, 3.8) is 0 Å². The lowest BCUT2D eigenvalue weighted by molar-refractivity contribution is -0.137. The molecule has 0 aromatic heterocycles. The van der Waals surface area contributed by atoms with Gasteiger partial charge in [0.2, 0.25) is 0 Å². The monoisotopic (exact) mass is 232 g/mol. The predicted octanol–water partition coefficient (Wildman–Crippen LogP) is 2.61. The zero-order chi connectivity index (χ0) is 12.8. The van der Waals surface area contributed by atoms with Gasteiger partial charge in [0.1, 0.15) is 0 Å². The van der Waals surface area contributed by atoms with Gasteiger partial charge in [-0.15, -0.1) is 0 Å². The minimum Gasteiger partial charge on any atom is -0.463 e. The Balaban J connectivity index is 2.76. The molecule has 0 heterocycles. The van der Waals surface area contributed by atoms with Gasteiger partial charge in [0.15, 0.2) is 5.78 Å². The third-order valence-corrected chi connectivity index (χ3v) is 2.45. The lowest BCUT2D eigenvalue weighted by Gasteiger charge is -2.01.